The van der Waals surface area contributed by atoms with Crippen molar-refractivity contribution >= 4 is 5.97 Å². The molecular weight excluding hydrogens is 979 g/mol. The van der Waals surface area contributed by atoms with Crippen LogP contribution in [0.3, 0.4) is 0 Å². The number of hydrogen-bond donors (Lipinski definition) is 0. The number of rotatable bonds is 26. The van der Waals surface area contributed by atoms with E-state index in [2.05, 4.69) is 10.0 Å². The zero-order valence-electron chi connectivity index (χ0n) is 42.8. The molecule has 2 aliphatic rings. The van der Waals surface area contributed by atoms with Gasteiger partial charge in [-0.25, -0.2) is 4.79 Å². The van der Waals surface area contributed by atoms with E-state index >= 15 is 0 Å². The van der Waals surface area contributed by atoms with E-state index in [0.717, 1.165) is 33.4 Å². The smallest absolute Gasteiger partial charge is 0.338 e. The van der Waals surface area contributed by atoms with Crippen molar-refractivity contribution in [3.8, 4) is 5.75 Å². The lowest BCUT2D eigenvalue weighted by atomic mass is 9.95. The van der Waals surface area contributed by atoms with Gasteiger partial charge < -0.3 is 52.1 Å². The van der Waals surface area contributed by atoms with E-state index in [1.807, 2.05) is 182 Å². The minimum absolute atomic E-state index is 0.0552. The monoisotopic (exact) mass is 1040 g/mol. The molecule has 0 spiro atoms. The average molecular weight is 1040 g/mol. The van der Waals surface area contributed by atoms with Crippen molar-refractivity contribution in [3.63, 3.8) is 0 Å². The Hall–Kier alpha value is -7.24. The van der Waals surface area contributed by atoms with Crippen molar-refractivity contribution in [1.82, 2.24) is 0 Å². The fourth-order valence-corrected chi connectivity index (χ4v) is 9.21. The Balaban J connectivity index is 1.14. The van der Waals surface area contributed by atoms with Gasteiger partial charge in [0.2, 0.25) is 0 Å². The first-order valence-corrected chi connectivity index (χ1v) is 25.7. The summed E-state index contributed by atoms with van der Waals surface area (Å²) in [5.74, 6) is 0.0872. The maximum atomic E-state index is 13.7. The SMILES string of the molecule is COc1ccc(CO[C@H]2[C@@H](O[C@@H]3[C@H](OCc4ccccc4)[C@@H](OCc4ccccc4)[C@H](N=[N+]=[N-])O[C@@H]3COC(=O)c3ccccc3)O[C@H](COCc3ccccc3)[C@H](OCc3ccccc3)[C@@H]2OCc2ccccc2)cc1. The van der Waals surface area contributed by atoms with E-state index in [1.165, 1.54) is 0 Å². The highest BCUT2D eigenvalue weighted by Crippen LogP contribution is 2.37. The Morgan fingerprint density at radius 3 is 1.34 bits per heavy atom. The number of hydrogen-bond acceptors (Lipinski definition) is 13. The molecule has 7 aromatic carbocycles. The highest BCUT2D eigenvalue weighted by Gasteiger charge is 2.54. The lowest BCUT2D eigenvalue weighted by Gasteiger charge is -2.50. The van der Waals surface area contributed by atoms with Gasteiger partial charge in [0, 0.05) is 4.91 Å². The average Bonchev–Trinajstić information content (AvgIpc) is 3.49. The molecule has 0 radical (unpaired) electrons. The summed E-state index contributed by atoms with van der Waals surface area (Å²) in [6.45, 7) is 0.672. The van der Waals surface area contributed by atoms with Crippen LogP contribution in [0.4, 0.5) is 0 Å². The van der Waals surface area contributed by atoms with Gasteiger partial charge >= 0.3 is 5.97 Å². The summed E-state index contributed by atoms with van der Waals surface area (Å²) in [6.07, 6.45) is -10.5. The predicted octanol–water partition coefficient (Wildman–Crippen LogP) is 11.1. The van der Waals surface area contributed by atoms with Crippen LogP contribution in [0.25, 0.3) is 10.4 Å². The molecule has 0 N–H and O–H groups in total. The fraction of sp³-hybridized carbons (Fsp3) is 0.306. The van der Waals surface area contributed by atoms with Gasteiger partial charge in [0.15, 0.2) is 12.5 Å². The molecule has 398 valence electrons. The van der Waals surface area contributed by atoms with Crippen molar-refractivity contribution < 1.29 is 56.9 Å². The first-order chi connectivity index (χ1) is 38.0. The second-order valence-electron chi connectivity index (χ2n) is 18.5. The Morgan fingerprint density at radius 2 is 0.857 bits per heavy atom. The maximum absolute atomic E-state index is 13.7. The van der Waals surface area contributed by atoms with Gasteiger partial charge in [-0.1, -0.05) is 187 Å². The number of ether oxygens (including phenoxy) is 11. The van der Waals surface area contributed by atoms with Crippen LogP contribution < -0.4 is 4.74 Å². The molecule has 2 heterocycles. The van der Waals surface area contributed by atoms with Crippen LogP contribution >= 0.6 is 0 Å². The van der Waals surface area contributed by atoms with Crippen LogP contribution in [0.5, 0.6) is 5.75 Å². The lowest BCUT2D eigenvalue weighted by Crippen LogP contribution is -2.66. The fourth-order valence-electron chi connectivity index (χ4n) is 9.21. The summed E-state index contributed by atoms with van der Waals surface area (Å²) < 4.78 is 74.1. The molecule has 0 unspecified atom stereocenters. The van der Waals surface area contributed by atoms with Crippen LogP contribution in [0.1, 0.15) is 43.7 Å². The van der Waals surface area contributed by atoms with E-state index in [0.29, 0.717) is 11.3 Å². The van der Waals surface area contributed by atoms with Crippen molar-refractivity contribution in [2.75, 3.05) is 20.3 Å². The van der Waals surface area contributed by atoms with E-state index < -0.39 is 67.3 Å². The first kappa shape index (κ1) is 54.5. The molecular formula is C62H63N3O12. The second kappa shape index (κ2) is 28.8. The van der Waals surface area contributed by atoms with E-state index in [9.17, 15) is 10.3 Å². The van der Waals surface area contributed by atoms with Gasteiger partial charge in [-0.2, -0.15) is 0 Å². The van der Waals surface area contributed by atoms with Crippen molar-refractivity contribution in [1.29, 1.82) is 0 Å². The number of azide groups is 1. The minimum Gasteiger partial charge on any atom is -0.497 e. The molecule has 9 rings (SSSR count). The van der Waals surface area contributed by atoms with Crippen LogP contribution in [-0.2, 0) is 87.0 Å². The van der Waals surface area contributed by atoms with Crippen LogP contribution in [0.15, 0.2) is 211 Å². The Bertz CT molecular complexity index is 2850. The second-order valence-corrected chi connectivity index (χ2v) is 18.5. The highest BCUT2D eigenvalue weighted by atomic mass is 16.7. The molecule has 7 aromatic rings. The molecule has 0 bridgehead atoms. The molecule has 15 nitrogen and oxygen atoms in total. The van der Waals surface area contributed by atoms with Gasteiger partial charge in [-0.15, -0.1) is 0 Å². The van der Waals surface area contributed by atoms with E-state index in [1.54, 1.807) is 31.4 Å². The largest absolute Gasteiger partial charge is 0.497 e. The third-order valence-electron chi connectivity index (χ3n) is 13.2. The van der Waals surface area contributed by atoms with Gasteiger partial charge in [0.25, 0.3) is 0 Å². The number of methoxy groups -OCH3 is 1. The van der Waals surface area contributed by atoms with Crippen LogP contribution in [-0.4, -0.2) is 87.6 Å². The minimum atomic E-state index is -1.27. The van der Waals surface area contributed by atoms with E-state index in [-0.39, 0.29) is 52.9 Å². The number of carbonyl (C=O) groups excluding carboxylic acids is 1. The van der Waals surface area contributed by atoms with E-state index in [4.69, 9.17) is 52.1 Å². The molecule has 0 aromatic heterocycles. The molecule has 2 saturated heterocycles. The maximum Gasteiger partial charge on any atom is 0.338 e. The van der Waals surface area contributed by atoms with Gasteiger partial charge in [-0.3, -0.25) is 0 Å². The molecule has 0 amide bonds. The van der Waals surface area contributed by atoms with Crippen molar-refractivity contribution in [3.05, 3.63) is 256 Å². The molecule has 0 saturated carbocycles. The molecule has 77 heavy (non-hydrogen) atoms. The summed E-state index contributed by atoms with van der Waals surface area (Å²) in [4.78, 5) is 16.9. The Labute approximate surface area is 449 Å². The summed E-state index contributed by atoms with van der Waals surface area (Å²) >= 11 is 0. The summed E-state index contributed by atoms with van der Waals surface area (Å²) in [6, 6.07) is 65.0. The summed E-state index contributed by atoms with van der Waals surface area (Å²) in [5, 5.41) is 4.12. The zero-order valence-corrected chi connectivity index (χ0v) is 42.8. The van der Waals surface area contributed by atoms with Gasteiger partial charge in [0.1, 0.15) is 61.2 Å². The normalized spacial score (nSPS) is 23.1. The number of nitrogens with zero attached hydrogens (tertiary/aromatic N) is 3. The quantitative estimate of drug-likeness (QED) is 0.0218. The summed E-state index contributed by atoms with van der Waals surface area (Å²) in [5.41, 5.74) is 15.8. The Kier molecular flexibility index (Phi) is 20.4. The molecule has 15 heteroatoms. The van der Waals surface area contributed by atoms with Crippen molar-refractivity contribution in [2.45, 2.75) is 101 Å². The third kappa shape index (κ3) is 15.7. The predicted molar refractivity (Wildman–Crippen MR) is 286 cm³/mol. The highest BCUT2D eigenvalue weighted by molar-refractivity contribution is 5.89. The zero-order chi connectivity index (χ0) is 52.9. The van der Waals surface area contributed by atoms with Gasteiger partial charge in [0.05, 0.1) is 58.9 Å². The van der Waals surface area contributed by atoms with Crippen LogP contribution in [0, 0.1) is 0 Å². The van der Waals surface area contributed by atoms with Gasteiger partial charge in [-0.05, 0) is 63.2 Å². The number of esters is 1. The summed E-state index contributed by atoms with van der Waals surface area (Å²) in [7, 11) is 1.62. The number of carbonyl (C=O) groups is 1. The Morgan fingerprint density at radius 1 is 0.455 bits per heavy atom. The number of benzene rings is 7. The topological polar surface area (TPSA) is 167 Å². The molecule has 2 aliphatic heterocycles. The molecule has 10 atom stereocenters. The third-order valence-corrected chi connectivity index (χ3v) is 13.2. The van der Waals surface area contributed by atoms with Crippen molar-refractivity contribution in [2.24, 2.45) is 5.11 Å². The molecule has 2 fully saturated rings. The lowest BCUT2D eigenvalue weighted by molar-refractivity contribution is -0.362. The standard InChI is InChI=1S/C62H63N3O12/c1-67-51-34-32-49(33-35-51)41-73-59-56(70-38-46-24-12-4-13-25-46)54(69-37-45-22-10-3-11-23-45)52(42-68-36-44-20-8-2-9-21-44)76-62(59)77-55-53(43-74-61(66)50-30-18-7-19-31-50)75-60(64-65-63)58(72-40-48-28-16-6-17-29-48)57(55)71-39-47-26-14-5-15-27-47/h2-35,52-60,62H,36-43H2,1H3/t52-,53-,54+,55+,56+,57+,58-,59-,60-,62-/m1/s1. The van der Waals surface area contributed by atoms with Crippen LogP contribution in [0.2, 0.25) is 0 Å². The molecule has 0 aliphatic carbocycles. The first-order valence-electron chi connectivity index (χ1n) is 25.7.